The Morgan fingerprint density at radius 1 is 1.25 bits per heavy atom. The van der Waals surface area contributed by atoms with Crippen molar-refractivity contribution in [1.82, 2.24) is 10.2 Å². The number of likely N-dealkylation sites (tertiary alicyclic amines) is 1. The van der Waals surface area contributed by atoms with E-state index in [0.717, 1.165) is 17.9 Å². The fourth-order valence-electron chi connectivity index (χ4n) is 2.72. The van der Waals surface area contributed by atoms with Crippen LogP contribution in [0.1, 0.15) is 46.5 Å². The van der Waals surface area contributed by atoms with Crippen molar-refractivity contribution in [1.29, 1.82) is 0 Å². The molecule has 1 N–H and O–H groups in total. The van der Waals surface area contributed by atoms with Gasteiger partial charge in [0.1, 0.15) is 0 Å². The van der Waals surface area contributed by atoms with E-state index in [-0.39, 0.29) is 0 Å². The van der Waals surface area contributed by atoms with Crippen molar-refractivity contribution in [3.05, 3.63) is 0 Å². The SMILES string of the molecule is CNCC1CCN(C(C)CCCC(C)C)C1. The number of hydrogen-bond acceptors (Lipinski definition) is 2. The Morgan fingerprint density at radius 2 is 2.00 bits per heavy atom. The van der Waals surface area contributed by atoms with Gasteiger partial charge < -0.3 is 10.2 Å². The van der Waals surface area contributed by atoms with Crippen LogP contribution in [0.2, 0.25) is 0 Å². The summed E-state index contributed by atoms with van der Waals surface area (Å²) < 4.78 is 0. The fourth-order valence-corrected chi connectivity index (χ4v) is 2.72. The molecule has 0 saturated carbocycles. The Morgan fingerprint density at radius 3 is 2.62 bits per heavy atom. The van der Waals surface area contributed by atoms with Gasteiger partial charge in [0, 0.05) is 12.6 Å². The van der Waals surface area contributed by atoms with Crippen molar-refractivity contribution >= 4 is 0 Å². The standard InChI is InChI=1S/C14H30N2/c1-12(2)6-5-7-13(3)16-9-8-14(11-16)10-15-4/h12-15H,5-11H2,1-4H3. The molecule has 1 rings (SSSR count). The van der Waals surface area contributed by atoms with Gasteiger partial charge in [-0.05, 0) is 51.7 Å². The zero-order chi connectivity index (χ0) is 12.0. The van der Waals surface area contributed by atoms with Gasteiger partial charge in [-0.3, -0.25) is 0 Å². The van der Waals surface area contributed by atoms with Crippen LogP contribution in [0.5, 0.6) is 0 Å². The monoisotopic (exact) mass is 226 g/mol. The van der Waals surface area contributed by atoms with Crippen molar-refractivity contribution in [3.8, 4) is 0 Å². The molecule has 1 heterocycles. The normalized spacial score (nSPS) is 24.2. The van der Waals surface area contributed by atoms with Crippen LogP contribution in [-0.2, 0) is 0 Å². The maximum Gasteiger partial charge on any atom is 0.00670 e. The molecule has 1 saturated heterocycles. The third kappa shape index (κ3) is 4.84. The third-order valence-corrected chi connectivity index (χ3v) is 3.84. The van der Waals surface area contributed by atoms with E-state index in [0.29, 0.717) is 0 Å². The van der Waals surface area contributed by atoms with Gasteiger partial charge in [-0.2, -0.15) is 0 Å². The van der Waals surface area contributed by atoms with E-state index in [1.807, 2.05) is 0 Å². The first-order valence-electron chi connectivity index (χ1n) is 7.02. The molecule has 0 aromatic carbocycles. The van der Waals surface area contributed by atoms with Crippen LogP contribution in [-0.4, -0.2) is 37.6 Å². The van der Waals surface area contributed by atoms with Crippen LogP contribution in [0.3, 0.4) is 0 Å². The molecule has 1 aliphatic rings. The molecule has 1 aliphatic heterocycles. The Balaban J connectivity index is 2.15. The molecule has 2 unspecified atom stereocenters. The predicted molar refractivity (Wildman–Crippen MR) is 71.8 cm³/mol. The zero-order valence-corrected chi connectivity index (χ0v) is 11.6. The number of nitrogens with one attached hydrogen (secondary N) is 1. The Kier molecular flexibility index (Phi) is 6.37. The van der Waals surface area contributed by atoms with Crippen LogP contribution in [0.15, 0.2) is 0 Å². The van der Waals surface area contributed by atoms with Gasteiger partial charge in [0.15, 0.2) is 0 Å². The molecule has 0 aromatic heterocycles. The lowest BCUT2D eigenvalue weighted by atomic mass is 10.0. The van der Waals surface area contributed by atoms with Crippen molar-refractivity contribution < 1.29 is 0 Å². The smallest absolute Gasteiger partial charge is 0.00670 e. The minimum Gasteiger partial charge on any atom is -0.319 e. The Bertz CT molecular complexity index is 180. The summed E-state index contributed by atoms with van der Waals surface area (Å²) in [6.07, 6.45) is 5.55. The van der Waals surface area contributed by atoms with E-state index in [4.69, 9.17) is 0 Å². The second kappa shape index (κ2) is 7.29. The van der Waals surface area contributed by atoms with Gasteiger partial charge in [-0.15, -0.1) is 0 Å². The van der Waals surface area contributed by atoms with Crippen molar-refractivity contribution in [2.75, 3.05) is 26.7 Å². The summed E-state index contributed by atoms with van der Waals surface area (Å²) in [6, 6.07) is 0.792. The quantitative estimate of drug-likeness (QED) is 0.718. The largest absolute Gasteiger partial charge is 0.319 e. The van der Waals surface area contributed by atoms with E-state index >= 15 is 0 Å². The van der Waals surface area contributed by atoms with E-state index < -0.39 is 0 Å². The molecule has 1 fully saturated rings. The molecule has 0 bridgehead atoms. The molecular formula is C14H30N2. The molecule has 0 aromatic rings. The van der Waals surface area contributed by atoms with E-state index in [1.54, 1.807) is 0 Å². The van der Waals surface area contributed by atoms with Crippen LogP contribution in [0.4, 0.5) is 0 Å². The first-order chi connectivity index (χ1) is 7.63. The first kappa shape index (κ1) is 14.0. The molecule has 96 valence electrons. The summed E-state index contributed by atoms with van der Waals surface area (Å²) in [6.45, 7) is 10.9. The summed E-state index contributed by atoms with van der Waals surface area (Å²) in [7, 11) is 2.06. The highest BCUT2D eigenvalue weighted by molar-refractivity contribution is 4.80. The number of nitrogens with zero attached hydrogens (tertiary/aromatic N) is 1. The second-order valence-corrected chi connectivity index (χ2v) is 5.88. The van der Waals surface area contributed by atoms with E-state index in [2.05, 4.69) is 38.0 Å². The molecule has 0 aliphatic carbocycles. The predicted octanol–water partition coefficient (Wildman–Crippen LogP) is 2.74. The van der Waals surface area contributed by atoms with Crippen LogP contribution in [0.25, 0.3) is 0 Å². The van der Waals surface area contributed by atoms with E-state index in [1.165, 1.54) is 45.3 Å². The molecule has 16 heavy (non-hydrogen) atoms. The molecule has 0 spiro atoms. The van der Waals surface area contributed by atoms with Gasteiger partial charge in [0.2, 0.25) is 0 Å². The lowest BCUT2D eigenvalue weighted by Gasteiger charge is -2.24. The summed E-state index contributed by atoms with van der Waals surface area (Å²) >= 11 is 0. The Hall–Kier alpha value is -0.0800. The topological polar surface area (TPSA) is 15.3 Å². The van der Waals surface area contributed by atoms with Crippen LogP contribution < -0.4 is 5.32 Å². The molecule has 0 amide bonds. The lowest BCUT2D eigenvalue weighted by molar-refractivity contribution is 0.231. The number of rotatable bonds is 7. The average molecular weight is 226 g/mol. The molecule has 0 radical (unpaired) electrons. The maximum absolute atomic E-state index is 3.30. The molecule has 2 nitrogen and oxygen atoms in total. The summed E-state index contributed by atoms with van der Waals surface area (Å²) in [5.41, 5.74) is 0. The fraction of sp³-hybridized carbons (Fsp3) is 1.00. The minimum absolute atomic E-state index is 0.792. The highest BCUT2D eigenvalue weighted by Gasteiger charge is 2.24. The van der Waals surface area contributed by atoms with E-state index in [9.17, 15) is 0 Å². The molecule has 2 atom stereocenters. The van der Waals surface area contributed by atoms with Gasteiger partial charge in [-0.1, -0.05) is 26.7 Å². The first-order valence-corrected chi connectivity index (χ1v) is 7.02. The minimum atomic E-state index is 0.792. The summed E-state index contributed by atoms with van der Waals surface area (Å²) in [5, 5.41) is 3.30. The highest BCUT2D eigenvalue weighted by Crippen LogP contribution is 2.21. The van der Waals surface area contributed by atoms with Crippen molar-refractivity contribution in [2.45, 2.75) is 52.5 Å². The second-order valence-electron chi connectivity index (χ2n) is 5.88. The van der Waals surface area contributed by atoms with Crippen LogP contribution in [0, 0.1) is 11.8 Å². The van der Waals surface area contributed by atoms with Crippen LogP contribution >= 0.6 is 0 Å². The average Bonchev–Trinajstić information content (AvgIpc) is 2.66. The van der Waals surface area contributed by atoms with Gasteiger partial charge in [0.25, 0.3) is 0 Å². The lowest BCUT2D eigenvalue weighted by Crippen LogP contribution is -2.32. The number of hydrogen-bond donors (Lipinski definition) is 1. The maximum atomic E-state index is 3.30. The van der Waals surface area contributed by atoms with Gasteiger partial charge >= 0.3 is 0 Å². The highest BCUT2D eigenvalue weighted by atomic mass is 15.2. The zero-order valence-electron chi connectivity index (χ0n) is 11.6. The third-order valence-electron chi connectivity index (χ3n) is 3.84. The summed E-state index contributed by atoms with van der Waals surface area (Å²) in [4.78, 5) is 2.68. The Labute approximate surface area is 102 Å². The molecule has 2 heteroatoms. The van der Waals surface area contributed by atoms with Gasteiger partial charge in [0.05, 0.1) is 0 Å². The van der Waals surface area contributed by atoms with Gasteiger partial charge in [-0.25, -0.2) is 0 Å². The van der Waals surface area contributed by atoms with Crippen molar-refractivity contribution in [2.24, 2.45) is 11.8 Å². The summed E-state index contributed by atoms with van der Waals surface area (Å²) in [5.74, 6) is 1.75. The molecular weight excluding hydrogens is 196 g/mol. The van der Waals surface area contributed by atoms with Crippen molar-refractivity contribution in [3.63, 3.8) is 0 Å².